The van der Waals surface area contributed by atoms with Gasteiger partial charge >= 0.3 is 5.97 Å². The molecule has 0 radical (unpaired) electrons. The van der Waals surface area contributed by atoms with Crippen LogP contribution in [0, 0.1) is 0 Å². The van der Waals surface area contributed by atoms with Crippen LogP contribution in [0.15, 0.2) is 96.0 Å². The number of ether oxygens (including phenoxy) is 2. The van der Waals surface area contributed by atoms with Crippen molar-refractivity contribution in [3.63, 3.8) is 0 Å². The van der Waals surface area contributed by atoms with Crippen LogP contribution < -0.4 is 9.64 Å². The average Bonchev–Trinajstić information content (AvgIpc) is 2.89. The van der Waals surface area contributed by atoms with E-state index < -0.39 is 0 Å². The molecule has 0 amide bonds. The van der Waals surface area contributed by atoms with Crippen LogP contribution in [0.2, 0.25) is 0 Å². The van der Waals surface area contributed by atoms with Crippen molar-refractivity contribution in [3.8, 4) is 5.75 Å². The zero-order chi connectivity index (χ0) is 22.5. The highest BCUT2D eigenvalue weighted by Gasteiger charge is 2.12. The molecule has 164 valence electrons. The zero-order valence-electron chi connectivity index (χ0n) is 18.2. The van der Waals surface area contributed by atoms with Crippen molar-refractivity contribution in [2.24, 2.45) is 4.99 Å². The third kappa shape index (κ3) is 4.94. The summed E-state index contributed by atoms with van der Waals surface area (Å²) in [5.74, 6) is 0.133. The van der Waals surface area contributed by atoms with E-state index in [-0.39, 0.29) is 5.97 Å². The second kappa shape index (κ2) is 9.67. The molecule has 0 saturated carbocycles. The number of morpholine rings is 1. The maximum Gasteiger partial charge on any atom is 0.344 e. The fourth-order valence-electron chi connectivity index (χ4n) is 3.91. The Labute approximate surface area is 192 Å². The molecule has 0 aliphatic carbocycles. The fourth-order valence-corrected chi connectivity index (χ4v) is 3.91. The van der Waals surface area contributed by atoms with Crippen molar-refractivity contribution < 1.29 is 14.3 Å². The molecule has 0 aromatic heterocycles. The summed E-state index contributed by atoms with van der Waals surface area (Å²) < 4.78 is 11.0. The summed E-state index contributed by atoms with van der Waals surface area (Å²) >= 11 is 0. The maximum absolute atomic E-state index is 12.7. The number of carbonyl (C=O) groups excluding carboxylic acids is 1. The number of nitrogens with zero attached hydrogens (tertiary/aromatic N) is 2. The van der Waals surface area contributed by atoms with Crippen LogP contribution in [0.5, 0.6) is 5.75 Å². The number of fused-ring (bicyclic) bond motifs is 1. The molecular weight excluding hydrogens is 412 g/mol. The van der Waals surface area contributed by atoms with Gasteiger partial charge in [0.05, 0.1) is 24.5 Å². The Morgan fingerprint density at radius 2 is 1.58 bits per heavy atom. The van der Waals surface area contributed by atoms with E-state index in [1.165, 1.54) is 5.69 Å². The van der Waals surface area contributed by atoms with Gasteiger partial charge in [-0.3, -0.25) is 4.99 Å². The lowest BCUT2D eigenvalue weighted by molar-refractivity contribution is 0.0737. The van der Waals surface area contributed by atoms with Crippen LogP contribution in [0.25, 0.3) is 10.8 Å². The molecule has 1 fully saturated rings. The molecule has 33 heavy (non-hydrogen) atoms. The van der Waals surface area contributed by atoms with E-state index in [2.05, 4.69) is 22.0 Å². The molecule has 1 aliphatic rings. The van der Waals surface area contributed by atoms with Gasteiger partial charge in [-0.25, -0.2) is 4.79 Å². The first kappa shape index (κ1) is 20.9. The van der Waals surface area contributed by atoms with Crippen LogP contribution in [0.3, 0.4) is 0 Å². The number of anilines is 1. The summed E-state index contributed by atoms with van der Waals surface area (Å²) in [5, 5.41) is 1.89. The zero-order valence-corrected chi connectivity index (χ0v) is 18.2. The summed E-state index contributed by atoms with van der Waals surface area (Å²) in [7, 11) is 0. The summed E-state index contributed by atoms with van der Waals surface area (Å²) in [6, 6.07) is 29.0. The van der Waals surface area contributed by atoms with Gasteiger partial charge in [0.15, 0.2) is 0 Å². The average molecular weight is 437 g/mol. The third-order valence-electron chi connectivity index (χ3n) is 5.69. The van der Waals surface area contributed by atoms with Gasteiger partial charge in [-0.15, -0.1) is 0 Å². The van der Waals surface area contributed by atoms with Gasteiger partial charge in [0.2, 0.25) is 0 Å². The monoisotopic (exact) mass is 436 g/mol. The van der Waals surface area contributed by atoms with E-state index >= 15 is 0 Å². The molecule has 4 aromatic carbocycles. The minimum absolute atomic E-state index is 0.367. The molecule has 0 atom stereocenters. The van der Waals surface area contributed by atoms with Gasteiger partial charge in [-0.05, 0) is 70.9 Å². The van der Waals surface area contributed by atoms with E-state index in [9.17, 15) is 4.79 Å². The van der Waals surface area contributed by atoms with Crippen molar-refractivity contribution in [3.05, 3.63) is 102 Å². The van der Waals surface area contributed by atoms with Gasteiger partial charge in [-0.2, -0.15) is 0 Å². The Bertz CT molecular complexity index is 1270. The van der Waals surface area contributed by atoms with Gasteiger partial charge in [0, 0.05) is 25.0 Å². The molecule has 0 spiro atoms. The fraction of sp³-hybridized carbons (Fsp3) is 0.143. The summed E-state index contributed by atoms with van der Waals surface area (Å²) in [5.41, 5.74) is 3.56. The molecule has 1 aliphatic heterocycles. The minimum Gasteiger partial charge on any atom is -0.423 e. The molecule has 5 rings (SSSR count). The Morgan fingerprint density at radius 1 is 0.848 bits per heavy atom. The van der Waals surface area contributed by atoms with Crippen LogP contribution in [-0.2, 0) is 4.74 Å². The van der Waals surface area contributed by atoms with E-state index in [1.807, 2.05) is 60.7 Å². The molecule has 5 heteroatoms. The number of esters is 1. The summed E-state index contributed by atoms with van der Waals surface area (Å²) in [6.07, 6.45) is 1.81. The van der Waals surface area contributed by atoms with E-state index in [0.717, 1.165) is 48.3 Å². The highest BCUT2D eigenvalue weighted by molar-refractivity contribution is 6.05. The molecule has 1 saturated heterocycles. The Kier molecular flexibility index (Phi) is 6.13. The number of carbonyl (C=O) groups is 1. The van der Waals surface area contributed by atoms with Crippen LogP contribution >= 0.6 is 0 Å². The van der Waals surface area contributed by atoms with Gasteiger partial charge in [0.1, 0.15) is 5.75 Å². The molecule has 1 heterocycles. The standard InChI is InChI=1S/C28H24N2O3/c31-28(27-7-3-5-22-4-1-2-6-26(22)27)33-25-14-8-21(9-15-25)20-29-23-10-12-24(13-11-23)30-16-18-32-19-17-30/h1-15,20H,16-19H2. The molecular formula is C28H24N2O3. The molecule has 5 nitrogen and oxygen atoms in total. The third-order valence-corrected chi connectivity index (χ3v) is 5.69. The first-order valence-corrected chi connectivity index (χ1v) is 11.0. The quantitative estimate of drug-likeness (QED) is 0.231. The second-order valence-corrected chi connectivity index (χ2v) is 7.86. The van der Waals surface area contributed by atoms with Crippen LogP contribution in [0.1, 0.15) is 15.9 Å². The van der Waals surface area contributed by atoms with Crippen molar-refractivity contribution >= 4 is 34.3 Å². The normalized spacial score (nSPS) is 14.0. The van der Waals surface area contributed by atoms with Gasteiger partial charge < -0.3 is 14.4 Å². The lowest BCUT2D eigenvalue weighted by atomic mass is 10.0. The first-order valence-electron chi connectivity index (χ1n) is 11.0. The topological polar surface area (TPSA) is 51.1 Å². The van der Waals surface area contributed by atoms with Crippen molar-refractivity contribution in [1.82, 2.24) is 0 Å². The number of hydrogen-bond acceptors (Lipinski definition) is 5. The largest absolute Gasteiger partial charge is 0.423 e. The number of benzene rings is 4. The minimum atomic E-state index is -0.367. The van der Waals surface area contributed by atoms with Crippen molar-refractivity contribution in [1.29, 1.82) is 0 Å². The predicted octanol–water partition coefficient (Wildman–Crippen LogP) is 5.65. The number of rotatable bonds is 5. The van der Waals surface area contributed by atoms with Gasteiger partial charge in [-0.1, -0.05) is 36.4 Å². The van der Waals surface area contributed by atoms with Crippen molar-refractivity contribution in [2.45, 2.75) is 0 Å². The Morgan fingerprint density at radius 3 is 2.36 bits per heavy atom. The number of hydrogen-bond donors (Lipinski definition) is 0. The summed E-state index contributed by atoms with van der Waals surface area (Å²) in [6.45, 7) is 3.38. The van der Waals surface area contributed by atoms with E-state index in [4.69, 9.17) is 9.47 Å². The Balaban J connectivity index is 1.23. The highest BCUT2D eigenvalue weighted by Crippen LogP contribution is 2.22. The molecule has 0 unspecified atom stereocenters. The van der Waals surface area contributed by atoms with E-state index in [0.29, 0.717) is 11.3 Å². The van der Waals surface area contributed by atoms with E-state index in [1.54, 1.807) is 24.4 Å². The number of aliphatic imine (C=N–C) groups is 1. The maximum atomic E-state index is 12.7. The molecule has 0 bridgehead atoms. The molecule has 4 aromatic rings. The SMILES string of the molecule is O=C(Oc1ccc(C=Nc2ccc(N3CCOCC3)cc2)cc1)c1cccc2ccccc12. The molecule has 0 N–H and O–H groups in total. The highest BCUT2D eigenvalue weighted by atomic mass is 16.5. The predicted molar refractivity (Wildman–Crippen MR) is 132 cm³/mol. The lowest BCUT2D eigenvalue weighted by Crippen LogP contribution is -2.36. The smallest absolute Gasteiger partial charge is 0.344 e. The van der Waals surface area contributed by atoms with Gasteiger partial charge in [0.25, 0.3) is 0 Å². The first-order chi connectivity index (χ1) is 16.3. The summed E-state index contributed by atoms with van der Waals surface area (Å²) in [4.78, 5) is 19.6. The lowest BCUT2D eigenvalue weighted by Gasteiger charge is -2.28. The Hall–Kier alpha value is -3.96. The van der Waals surface area contributed by atoms with Crippen molar-refractivity contribution in [2.75, 3.05) is 31.2 Å². The second-order valence-electron chi connectivity index (χ2n) is 7.86. The van der Waals surface area contributed by atoms with Crippen LogP contribution in [0.4, 0.5) is 11.4 Å². The van der Waals surface area contributed by atoms with Crippen LogP contribution in [-0.4, -0.2) is 38.5 Å².